The number of benzene rings is 1. The van der Waals surface area contributed by atoms with Crippen LogP contribution in [0.1, 0.15) is 10.5 Å². The van der Waals surface area contributed by atoms with Gasteiger partial charge in [0.2, 0.25) is 0 Å². The number of anilines is 2. The molecule has 0 aliphatic carbocycles. The minimum absolute atomic E-state index is 0.176. The highest BCUT2D eigenvalue weighted by Crippen LogP contribution is 2.29. The zero-order valence-electron chi connectivity index (χ0n) is 10.9. The predicted molar refractivity (Wildman–Crippen MR) is 85.1 cm³/mol. The highest BCUT2D eigenvalue weighted by atomic mass is 35.5. The zero-order chi connectivity index (χ0) is 15.2. The maximum atomic E-state index is 12.1. The molecule has 0 unspecified atom stereocenters. The van der Waals surface area contributed by atoms with Crippen molar-refractivity contribution in [2.45, 2.75) is 0 Å². The van der Waals surface area contributed by atoms with E-state index >= 15 is 0 Å². The molecule has 1 heterocycles. The second-order valence-electron chi connectivity index (χ2n) is 4.03. The molecular weight excluding hydrogens is 311 g/mol. The summed E-state index contributed by atoms with van der Waals surface area (Å²) < 4.78 is 0. The fourth-order valence-corrected chi connectivity index (χ4v) is 1.86. The van der Waals surface area contributed by atoms with E-state index in [1.165, 1.54) is 0 Å². The number of carbonyl (C=O) groups is 1. The van der Waals surface area contributed by atoms with Crippen LogP contribution in [0.2, 0.25) is 10.0 Å². The quantitative estimate of drug-likeness (QED) is 0.825. The van der Waals surface area contributed by atoms with Crippen LogP contribution in [-0.2, 0) is 0 Å². The molecule has 0 bridgehead atoms. The van der Waals surface area contributed by atoms with Crippen molar-refractivity contribution < 1.29 is 4.79 Å². The van der Waals surface area contributed by atoms with Crippen LogP contribution < -0.4 is 10.6 Å². The maximum absolute atomic E-state index is 12.1. The summed E-state index contributed by atoms with van der Waals surface area (Å²) in [6, 6.07) is 8.20. The largest absolute Gasteiger partial charge is 0.365 e. The first-order valence-corrected chi connectivity index (χ1v) is 6.81. The van der Waals surface area contributed by atoms with Crippen LogP contribution in [-0.4, -0.2) is 22.6 Å². The average Bonchev–Trinajstić information content (AvgIpc) is 2.50. The van der Waals surface area contributed by atoms with Crippen LogP contribution >= 0.6 is 23.2 Å². The molecule has 0 aliphatic heterocycles. The van der Waals surface area contributed by atoms with E-state index in [1.54, 1.807) is 36.4 Å². The monoisotopic (exact) mass is 322 g/mol. The molecule has 7 heteroatoms. The Morgan fingerprint density at radius 3 is 2.71 bits per heavy atom. The van der Waals surface area contributed by atoms with Crippen LogP contribution in [0.4, 0.5) is 11.5 Å². The van der Waals surface area contributed by atoms with E-state index in [0.717, 1.165) is 0 Å². The van der Waals surface area contributed by atoms with E-state index < -0.39 is 5.91 Å². The lowest BCUT2D eigenvalue weighted by Gasteiger charge is -2.08. The van der Waals surface area contributed by atoms with Gasteiger partial charge in [0.15, 0.2) is 5.69 Å². The van der Waals surface area contributed by atoms with E-state index in [0.29, 0.717) is 23.1 Å². The Kier molecular flexibility index (Phi) is 5.14. The first-order valence-electron chi connectivity index (χ1n) is 6.05. The van der Waals surface area contributed by atoms with Crippen molar-refractivity contribution >= 4 is 40.6 Å². The smallest absolute Gasteiger partial charge is 0.276 e. The average molecular weight is 323 g/mol. The molecule has 1 aromatic heterocycles. The number of nitrogens with zero attached hydrogens (tertiary/aromatic N) is 2. The molecule has 5 nitrogen and oxygen atoms in total. The number of rotatable bonds is 5. The van der Waals surface area contributed by atoms with Crippen LogP contribution in [0.15, 0.2) is 43.0 Å². The zero-order valence-corrected chi connectivity index (χ0v) is 12.4. The third-order valence-corrected chi connectivity index (χ3v) is 3.34. The number of hydrogen-bond donors (Lipinski definition) is 2. The van der Waals surface area contributed by atoms with Gasteiger partial charge in [-0.25, -0.2) is 0 Å². The minimum atomic E-state index is -0.415. The van der Waals surface area contributed by atoms with E-state index in [-0.39, 0.29) is 10.7 Å². The summed E-state index contributed by atoms with van der Waals surface area (Å²) in [4.78, 5) is 12.1. The molecule has 0 radical (unpaired) electrons. The third kappa shape index (κ3) is 3.93. The summed E-state index contributed by atoms with van der Waals surface area (Å²) in [5, 5.41) is 14.0. The Balaban J connectivity index is 2.09. The number of carbonyl (C=O) groups excluding carboxylic acids is 1. The Morgan fingerprint density at radius 2 is 2.05 bits per heavy atom. The van der Waals surface area contributed by atoms with Gasteiger partial charge in [-0.15, -0.1) is 16.8 Å². The summed E-state index contributed by atoms with van der Waals surface area (Å²) in [6.45, 7) is 4.15. The molecule has 108 valence electrons. The van der Waals surface area contributed by atoms with E-state index in [4.69, 9.17) is 23.2 Å². The van der Waals surface area contributed by atoms with Crippen LogP contribution in [0.3, 0.4) is 0 Å². The predicted octanol–water partition coefficient (Wildman–Crippen LogP) is 3.63. The fourth-order valence-electron chi connectivity index (χ4n) is 1.51. The van der Waals surface area contributed by atoms with Crippen molar-refractivity contribution in [2.75, 3.05) is 17.2 Å². The van der Waals surface area contributed by atoms with Gasteiger partial charge in [0, 0.05) is 6.54 Å². The Morgan fingerprint density at radius 1 is 1.24 bits per heavy atom. The lowest BCUT2D eigenvalue weighted by atomic mass is 10.3. The molecule has 2 rings (SSSR count). The molecule has 0 aliphatic rings. The second kappa shape index (κ2) is 7.06. The third-order valence-electron chi connectivity index (χ3n) is 2.52. The van der Waals surface area contributed by atoms with Gasteiger partial charge in [0.05, 0.1) is 15.7 Å². The molecule has 21 heavy (non-hydrogen) atoms. The summed E-state index contributed by atoms with van der Waals surface area (Å²) >= 11 is 11.9. The lowest BCUT2D eigenvalue weighted by molar-refractivity contribution is 0.102. The van der Waals surface area contributed by atoms with Gasteiger partial charge >= 0.3 is 0 Å². The molecule has 0 fully saturated rings. The number of halogens is 2. The molecule has 1 amide bonds. The summed E-state index contributed by atoms with van der Waals surface area (Å²) in [7, 11) is 0. The molecule has 0 saturated carbocycles. The molecular formula is C14H12Cl2N4O. The van der Waals surface area contributed by atoms with Gasteiger partial charge in [0.25, 0.3) is 5.91 Å². The van der Waals surface area contributed by atoms with Crippen LogP contribution in [0, 0.1) is 0 Å². The Hall–Kier alpha value is -2.11. The van der Waals surface area contributed by atoms with Crippen LogP contribution in [0.5, 0.6) is 0 Å². The topological polar surface area (TPSA) is 66.9 Å². The number of aromatic nitrogens is 2. The molecule has 2 N–H and O–H groups in total. The lowest BCUT2D eigenvalue weighted by Crippen LogP contribution is -2.15. The number of amides is 1. The molecule has 0 spiro atoms. The van der Waals surface area contributed by atoms with E-state index in [9.17, 15) is 4.79 Å². The first kappa shape index (κ1) is 15.3. The fraction of sp³-hybridized carbons (Fsp3) is 0.0714. The Labute approximate surface area is 132 Å². The van der Waals surface area contributed by atoms with Gasteiger partial charge < -0.3 is 10.6 Å². The summed E-state index contributed by atoms with van der Waals surface area (Å²) in [5.74, 6) is 0.147. The van der Waals surface area contributed by atoms with Gasteiger partial charge in [-0.3, -0.25) is 4.79 Å². The first-order chi connectivity index (χ1) is 10.1. The molecule has 2 aromatic rings. The summed E-state index contributed by atoms with van der Waals surface area (Å²) in [5.41, 5.74) is 0.597. The number of nitrogens with one attached hydrogen (secondary N) is 2. The highest BCUT2D eigenvalue weighted by Gasteiger charge is 2.11. The van der Waals surface area contributed by atoms with Crippen molar-refractivity contribution in [3.05, 3.63) is 58.7 Å². The maximum Gasteiger partial charge on any atom is 0.276 e. The van der Waals surface area contributed by atoms with Crippen LogP contribution in [0.25, 0.3) is 0 Å². The SMILES string of the molecule is C=CCNc1ccc(C(=O)Nc2cccc(Cl)c2Cl)nn1. The number of hydrogen-bond acceptors (Lipinski definition) is 4. The van der Waals surface area contributed by atoms with E-state index in [1.807, 2.05) is 0 Å². The normalized spacial score (nSPS) is 10.0. The minimum Gasteiger partial charge on any atom is -0.365 e. The molecule has 1 aromatic carbocycles. The standard InChI is InChI=1S/C14H12Cl2N4O/c1-2-8-17-12-7-6-11(19-20-12)14(21)18-10-5-3-4-9(15)13(10)16/h2-7H,1,8H2,(H,17,20)(H,18,21). The summed E-state index contributed by atoms with van der Waals surface area (Å²) in [6.07, 6.45) is 1.70. The molecule has 0 atom stereocenters. The van der Waals surface area contributed by atoms with Gasteiger partial charge in [-0.1, -0.05) is 35.3 Å². The van der Waals surface area contributed by atoms with Crippen molar-refractivity contribution in [2.24, 2.45) is 0 Å². The Bertz CT molecular complexity index is 659. The van der Waals surface area contributed by atoms with Crippen molar-refractivity contribution in [1.29, 1.82) is 0 Å². The van der Waals surface area contributed by atoms with Crippen molar-refractivity contribution in [3.63, 3.8) is 0 Å². The van der Waals surface area contributed by atoms with E-state index in [2.05, 4.69) is 27.4 Å². The second-order valence-corrected chi connectivity index (χ2v) is 4.81. The van der Waals surface area contributed by atoms with Crippen molar-refractivity contribution in [1.82, 2.24) is 10.2 Å². The highest BCUT2D eigenvalue weighted by molar-refractivity contribution is 6.44. The van der Waals surface area contributed by atoms with Gasteiger partial charge in [-0.05, 0) is 24.3 Å². The van der Waals surface area contributed by atoms with Gasteiger partial charge in [-0.2, -0.15) is 0 Å². The van der Waals surface area contributed by atoms with Gasteiger partial charge in [0.1, 0.15) is 5.82 Å². The van der Waals surface area contributed by atoms with Crippen molar-refractivity contribution in [3.8, 4) is 0 Å². The molecule has 0 saturated heterocycles.